The number of rotatable bonds is 4. The van der Waals surface area contributed by atoms with E-state index in [1.165, 1.54) is 17.5 Å². The van der Waals surface area contributed by atoms with Crippen molar-refractivity contribution in [3.05, 3.63) is 45.4 Å². The van der Waals surface area contributed by atoms with Crippen LogP contribution in [0.3, 0.4) is 0 Å². The Morgan fingerprint density at radius 1 is 1.32 bits per heavy atom. The van der Waals surface area contributed by atoms with E-state index >= 15 is 0 Å². The van der Waals surface area contributed by atoms with Crippen molar-refractivity contribution < 1.29 is 21.5 Å². The first-order valence-electron chi connectivity index (χ1n) is 4.72. The molecule has 2 rings (SSSR count). The first-order chi connectivity index (χ1) is 8.85. The molecular formula is C9H7NO6S3. The van der Waals surface area contributed by atoms with E-state index in [0.29, 0.717) is 11.1 Å². The van der Waals surface area contributed by atoms with Gasteiger partial charge in [-0.1, -0.05) is 0 Å². The fourth-order valence-electron chi connectivity index (χ4n) is 1.29. The third-order valence-electron chi connectivity index (χ3n) is 2.06. The molecule has 1 aromatic rings. The molecule has 1 unspecified atom stereocenters. The van der Waals surface area contributed by atoms with Gasteiger partial charge in [-0.2, -0.15) is 12.0 Å². The molecule has 1 aliphatic heterocycles. The first-order valence-corrected chi connectivity index (χ1v) is 8.70. The second-order valence-corrected chi connectivity index (χ2v) is 7.50. The van der Waals surface area contributed by atoms with E-state index in [-0.39, 0.29) is 5.69 Å². The van der Waals surface area contributed by atoms with Gasteiger partial charge >= 0.3 is 10.4 Å². The van der Waals surface area contributed by atoms with Crippen molar-refractivity contribution in [3.8, 4) is 0 Å². The fraction of sp³-hybridized carbons (Fsp3) is 0. The zero-order chi connectivity index (χ0) is 14.0. The SMILES string of the molecule is O=[N+]([O-])c1ccc(C2=CSS(OS(=O)(=O)O)=C2)cc1. The Kier molecular flexibility index (Phi) is 4.06. The summed E-state index contributed by atoms with van der Waals surface area (Å²) in [6.07, 6.45) is 0. The molecule has 0 saturated carbocycles. The molecule has 1 aliphatic rings. The van der Waals surface area contributed by atoms with Crippen LogP contribution in [0.4, 0.5) is 5.69 Å². The molecule has 1 heterocycles. The lowest BCUT2D eigenvalue weighted by Gasteiger charge is -1.99. The van der Waals surface area contributed by atoms with Gasteiger partial charge in [0.2, 0.25) is 0 Å². The van der Waals surface area contributed by atoms with E-state index in [9.17, 15) is 18.5 Å². The van der Waals surface area contributed by atoms with Gasteiger partial charge in [0.05, 0.1) is 4.92 Å². The van der Waals surface area contributed by atoms with Gasteiger partial charge in [-0.15, -0.1) is 0 Å². The van der Waals surface area contributed by atoms with E-state index in [1.807, 2.05) is 0 Å². The van der Waals surface area contributed by atoms with Crippen LogP contribution in [0.25, 0.3) is 5.57 Å². The van der Waals surface area contributed by atoms with Crippen molar-refractivity contribution in [1.82, 2.24) is 0 Å². The van der Waals surface area contributed by atoms with Crippen LogP contribution in [0.5, 0.6) is 0 Å². The molecule has 10 heteroatoms. The lowest BCUT2D eigenvalue weighted by molar-refractivity contribution is -0.384. The quantitative estimate of drug-likeness (QED) is 0.298. The topological polar surface area (TPSA) is 107 Å². The monoisotopic (exact) mass is 321 g/mol. The van der Waals surface area contributed by atoms with Gasteiger partial charge in [0.1, 0.15) is 0 Å². The normalized spacial score (nSPS) is 18.8. The van der Waals surface area contributed by atoms with Gasteiger partial charge in [0, 0.05) is 27.3 Å². The first kappa shape index (κ1) is 14.2. The van der Waals surface area contributed by atoms with E-state index in [4.69, 9.17) is 4.55 Å². The highest BCUT2D eigenvalue weighted by molar-refractivity contribution is 8.84. The molecular weight excluding hydrogens is 314 g/mol. The molecule has 0 aromatic heterocycles. The lowest BCUT2D eigenvalue weighted by Crippen LogP contribution is -1.97. The standard InChI is InChI=1S/C9H7NO6S3/c11-10(12)9-3-1-7(2-4-9)8-5-17-18(6-8)16-19(13,14)15/h1-6H,(H,13,14,15). The summed E-state index contributed by atoms with van der Waals surface area (Å²) in [6.45, 7) is 0. The van der Waals surface area contributed by atoms with Gasteiger partial charge in [0.15, 0.2) is 0 Å². The van der Waals surface area contributed by atoms with Crippen LogP contribution in [-0.2, 0) is 14.0 Å². The van der Waals surface area contributed by atoms with Crippen LogP contribution in [-0.4, -0.2) is 23.3 Å². The minimum atomic E-state index is -4.49. The van der Waals surface area contributed by atoms with Gasteiger partial charge in [-0.25, -0.2) is 0 Å². The summed E-state index contributed by atoms with van der Waals surface area (Å²) in [7, 11) is -4.51. The molecule has 19 heavy (non-hydrogen) atoms. The zero-order valence-electron chi connectivity index (χ0n) is 9.12. The van der Waals surface area contributed by atoms with Gasteiger partial charge < -0.3 is 0 Å². The molecule has 7 nitrogen and oxygen atoms in total. The van der Waals surface area contributed by atoms with Crippen LogP contribution in [0.15, 0.2) is 29.7 Å². The van der Waals surface area contributed by atoms with E-state index in [2.05, 4.69) is 3.63 Å². The highest BCUT2D eigenvalue weighted by atomic mass is 33.1. The highest BCUT2D eigenvalue weighted by Crippen LogP contribution is 2.42. The Bertz CT molecular complexity index is 676. The number of hydrogen-bond donors (Lipinski definition) is 1. The van der Waals surface area contributed by atoms with Crippen molar-refractivity contribution in [3.63, 3.8) is 0 Å². The van der Waals surface area contributed by atoms with Crippen LogP contribution in [0, 0.1) is 10.1 Å². The van der Waals surface area contributed by atoms with Gasteiger partial charge in [-0.05, 0) is 39.5 Å². The molecule has 0 bridgehead atoms. The molecule has 0 saturated heterocycles. The third kappa shape index (κ3) is 3.88. The molecule has 1 atom stereocenters. The molecule has 0 radical (unpaired) electrons. The Labute approximate surface area is 114 Å². The lowest BCUT2D eigenvalue weighted by atomic mass is 10.1. The van der Waals surface area contributed by atoms with E-state index < -0.39 is 25.1 Å². The summed E-state index contributed by atoms with van der Waals surface area (Å²) < 4.78 is 34.1. The van der Waals surface area contributed by atoms with Crippen molar-refractivity contribution in [2.75, 3.05) is 0 Å². The maximum atomic E-state index is 10.6. The Balaban J connectivity index is 2.18. The molecule has 0 fully saturated rings. The maximum Gasteiger partial charge on any atom is 0.408 e. The molecule has 1 N–H and O–H groups in total. The van der Waals surface area contributed by atoms with Crippen molar-refractivity contribution in [2.24, 2.45) is 0 Å². The van der Waals surface area contributed by atoms with Gasteiger partial charge in [0.25, 0.3) is 5.69 Å². The van der Waals surface area contributed by atoms with Crippen molar-refractivity contribution in [2.45, 2.75) is 0 Å². The van der Waals surface area contributed by atoms with Crippen LogP contribution < -0.4 is 0 Å². The number of benzene rings is 1. The minimum Gasteiger partial charge on any atom is -0.263 e. The fourth-order valence-corrected chi connectivity index (χ4v) is 5.20. The molecule has 0 spiro atoms. The van der Waals surface area contributed by atoms with E-state index in [1.54, 1.807) is 17.5 Å². The number of allylic oxidation sites excluding steroid dienone is 1. The predicted molar refractivity (Wildman–Crippen MR) is 75.0 cm³/mol. The van der Waals surface area contributed by atoms with Crippen molar-refractivity contribution in [1.29, 1.82) is 0 Å². The summed E-state index contributed by atoms with van der Waals surface area (Å²) in [5, 5.41) is 13.7. The Morgan fingerprint density at radius 3 is 2.47 bits per heavy atom. The average Bonchev–Trinajstić information content (AvgIpc) is 2.75. The van der Waals surface area contributed by atoms with Crippen LogP contribution in [0.1, 0.15) is 5.56 Å². The summed E-state index contributed by atoms with van der Waals surface area (Å²) in [5.41, 5.74) is 1.36. The number of hydrogen-bond acceptors (Lipinski definition) is 6. The number of nitro benzene ring substituents is 1. The number of nitrogens with zero attached hydrogens (tertiary/aromatic N) is 1. The third-order valence-corrected chi connectivity index (χ3v) is 5.91. The molecule has 0 amide bonds. The highest BCUT2D eigenvalue weighted by Gasteiger charge is 2.15. The number of non-ortho nitro benzene ring substituents is 1. The predicted octanol–water partition coefficient (Wildman–Crippen LogP) is 2.40. The Hall–Kier alpha value is -1.20. The second kappa shape index (κ2) is 5.43. The van der Waals surface area contributed by atoms with Gasteiger partial charge in [-0.3, -0.25) is 14.7 Å². The Morgan fingerprint density at radius 2 is 1.95 bits per heavy atom. The largest absolute Gasteiger partial charge is 0.408 e. The molecule has 1 aromatic carbocycles. The minimum absolute atomic E-state index is 0.0248. The summed E-state index contributed by atoms with van der Waals surface area (Å²) in [4.78, 5) is 10.0. The van der Waals surface area contributed by atoms with Crippen molar-refractivity contribution >= 4 is 47.6 Å². The molecule has 0 aliphatic carbocycles. The summed E-state index contributed by atoms with van der Waals surface area (Å²) >= 11 is 0. The van der Waals surface area contributed by atoms with Crippen LogP contribution in [0.2, 0.25) is 0 Å². The maximum absolute atomic E-state index is 10.6. The number of nitro groups is 1. The van der Waals surface area contributed by atoms with E-state index in [0.717, 1.165) is 10.8 Å². The average molecular weight is 321 g/mol. The summed E-state index contributed by atoms with van der Waals surface area (Å²) in [5.74, 6) is 0. The summed E-state index contributed by atoms with van der Waals surface area (Å²) in [6, 6.07) is 5.83. The zero-order valence-corrected chi connectivity index (χ0v) is 11.6. The molecule has 102 valence electrons. The second-order valence-electron chi connectivity index (χ2n) is 3.35. The smallest absolute Gasteiger partial charge is 0.263 e. The van der Waals surface area contributed by atoms with Crippen LogP contribution >= 0.6 is 20.6 Å².